The minimum Gasteiger partial charge on any atom is -0.489 e. The molecule has 0 unspecified atom stereocenters. The number of aryl methyl sites for hydroxylation is 1. The summed E-state index contributed by atoms with van der Waals surface area (Å²) in [5, 5.41) is 3.24. The summed E-state index contributed by atoms with van der Waals surface area (Å²) in [4.78, 5) is 23.0. The molecule has 3 rings (SSSR count). The number of carbonyl (C=O) groups is 1. The summed E-state index contributed by atoms with van der Waals surface area (Å²) in [5.41, 5.74) is 2.37. The van der Waals surface area contributed by atoms with Crippen molar-refractivity contribution in [2.75, 3.05) is 18.4 Å². The number of hydrogen-bond acceptors (Lipinski definition) is 5. The van der Waals surface area contributed by atoms with E-state index < -0.39 is 0 Å². The zero-order valence-electron chi connectivity index (χ0n) is 17.1. The molecule has 0 aliphatic heterocycles. The molecule has 0 radical (unpaired) electrons. The summed E-state index contributed by atoms with van der Waals surface area (Å²) in [6, 6.07) is 19.4. The van der Waals surface area contributed by atoms with Crippen LogP contribution in [0.2, 0.25) is 0 Å². The van der Waals surface area contributed by atoms with Crippen molar-refractivity contribution in [3.05, 3.63) is 77.7 Å². The number of nitrogens with one attached hydrogen (secondary N) is 1. The summed E-state index contributed by atoms with van der Waals surface area (Å²) in [5.74, 6) is 1.84. The molecule has 0 fully saturated rings. The van der Waals surface area contributed by atoms with Gasteiger partial charge in [-0.05, 0) is 50.6 Å². The number of rotatable bonds is 8. The van der Waals surface area contributed by atoms with Gasteiger partial charge in [0, 0.05) is 24.8 Å². The molecule has 1 heterocycles. The van der Waals surface area contributed by atoms with Gasteiger partial charge in [0.1, 0.15) is 29.7 Å². The maximum absolute atomic E-state index is 12.6. The number of hydrogen-bond donors (Lipinski definition) is 1. The van der Waals surface area contributed by atoms with Crippen LogP contribution in [0.25, 0.3) is 0 Å². The van der Waals surface area contributed by atoms with E-state index in [4.69, 9.17) is 4.74 Å². The van der Waals surface area contributed by atoms with Crippen LogP contribution in [0.3, 0.4) is 0 Å². The smallest absolute Gasteiger partial charge is 0.272 e. The molecule has 0 saturated heterocycles. The molecule has 29 heavy (non-hydrogen) atoms. The van der Waals surface area contributed by atoms with Crippen LogP contribution in [0.15, 0.2) is 60.7 Å². The van der Waals surface area contributed by atoms with E-state index in [0.717, 1.165) is 17.0 Å². The van der Waals surface area contributed by atoms with E-state index in [1.54, 1.807) is 17.9 Å². The van der Waals surface area contributed by atoms with Crippen LogP contribution in [0, 0.1) is 6.92 Å². The minimum absolute atomic E-state index is 0.0896. The molecule has 2 aromatic carbocycles. The van der Waals surface area contributed by atoms with E-state index in [0.29, 0.717) is 37.0 Å². The predicted molar refractivity (Wildman–Crippen MR) is 115 cm³/mol. The van der Waals surface area contributed by atoms with Gasteiger partial charge >= 0.3 is 0 Å². The number of carbonyl (C=O) groups excluding carboxylic acids is 1. The van der Waals surface area contributed by atoms with Crippen molar-refractivity contribution in [3.8, 4) is 5.75 Å². The summed E-state index contributed by atoms with van der Waals surface area (Å²) in [6.07, 6.45) is 0. The molecule has 6 nitrogen and oxygen atoms in total. The largest absolute Gasteiger partial charge is 0.489 e. The second-order valence-electron chi connectivity index (χ2n) is 6.59. The lowest BCUT2D eigenvalue weighted by molar-refractivity contribution is 0.0766. The van der Waals surface area contributed by atoms with Crippen molar-refractivity contribution in [2.24, 2.45) is 0 Å². The molecule has 1 N–H and O–H groups in total. The highest BCUT2D eigenvalue weighted by Gasteiger charge is 2.16. The number of nitrogens with zero attached hydrogens (tertiary/aromatic N) is 3. The van der Waals surface area contributed by atoms with Crippen molar-refractivity contribution in [3.63, 3.8) is 0 Å². The highest BCUT2D eigenvalue weighted by molar-refractivity contribution is 5.93. The lowest BCUT2D eigenvalue weighted by Gasteiger charge is -2.18. The van der Waals surface area contributed by atoms with Crippen LogP contribution in [0.1, 0.15) is 35.7 Å². The Bertz CT molecular complexity index is 939. The van der Waals surface area contributed by atoms with Gasteiger partial charge in [0.2, 0.25) is 0 Å². The number of ether oxygens (including phenoxy) is 1. The molecule has 1 amide bonds. The molecule has 150 valence electrons. The van der Waals surface area contributed by atoms with Crippen molar-refractivity contribution < 1.29 is 9.53 Å². The van der Waals surface area contributed by atoms with Gasteiger partial charge in [-0.3, -0.25) is 4.79 Å². The average molecular weight is 390 g/mol. The van der Waals surface area contributed by atoms with Gasteiger partial charge in [-0.25, -0.2) is 9.97 Å². The van der Waals surface area contributed by atoms with E-state index in [1.165, 1.54) is 0 Å². The number of amides is 1. The van der Waals surface area contributed by atoms with Crippen LogP contribution >= 0.6 is 0 Å². The maximum Gasteiger partial charge on any atom is 0.272 e. The highest BCUT2D eigenvalue weighted by Crippen LogP contribution is 2.20. The second-order valence-corrected chi connectivity index (χ2v) is 6.59. The fourth-order valence-corrected chi connectivity index (χ4v) is 2.94. The quantitative estimate of drug-likeness (QED) is 0.609. The maximum atomic E-state index is 12.6. The molecule has 0 saturated carbocycles. The van der Waals surface area contributed by atoms with E-state index in [9.17, 15) is 4.79 Å². The number of benzene rings is 2. The van der Waals surface area contributed by atoms with Crippen LogP contribution < -0.4 is 10.1 Å². The molecule has 1 aromatic heterocycles. The first kappa shape index (κ1) is 20.3. The fraction of sp³-hybridized carbons (Fsp3) is 0.261. The Balaban J connectivity index is 1.67. The molecular formula is C23H26N4O2. The Morgan fingerprint density at radius 1 is 1.00 bits per heavy atom. The zero-order valence-corrected chi connectivity index (χ0v) is 17.1. The molecule has 6 heteroatoms. The zero-order chi connectivity index (χ0) is 20.6. The Morgan fingerprint density at radius 3 is 2.34 bits per heavy atom. The Kier molecular flexibility index (Phi) is 6.79. The average Bonchev–Trinajstić information content (AvgIpc) is 2.74. The Morgan fingerprint density at radius 2 is 1.69 bits per heavy atom. The first-order chi connectivity index (χ1) is 14.1. The molecule has 0 atom stereocenters. The van der Waals surface area contributed by atoms with Crippen molar-refractivity contribution in [1.82, 2.24) is 14.9 Å². The summed E-state index contributed by atoms with van der Waals surface area (Å²) in [6.45, 7) is 7.50. The third-order valence-electron chi connectivity index (χ3n) is 4.48. The van der Waals surface area contributed by atoms with Crippen LogP contribution in [0.5, 0.6) is 5.75 Å². The van der Waals surface area contributed by atoms with Gasteiger partial charge in [-0.1, -0.05) is 30.3 Å². The van der Waals surface area contributed by atoms with E-state index in [1.807, 2.05) is 68.4 Å². The van der Waals surface area contributed by atoms with E-state index >= 15 is 0 Å². The standard InChI is InChI=1S/C23H26N4O2/c1-4-27(5-2)23(28)21-15-22(25-17(3)24-21)26-19-11-13-20(14-12-19)29-16-18-9-7-6-8-10-18/h6-15H,4-5,16H2,1-3H3,(H,24,25,26). The van der Waals surface area contributed by atoms with E-state index in [-0.39, 0.29) is 5.91 Å². The topological polar surface area (TPSA) is 67.4 Å². The molecular weight excluding hydrogens is 364 g/mol. The van der Waals surface area contributed by atoms with Gasteiger partial charge in [0.15, 0.2) is 0 Å². The first-order valence-electron chi connectivity index (χ1n) is 9.77. The van der Waals surface area contributed by atoms with Crippen molar-refractivity contribution in [2.45, 2.75) is 27.4 Å². The van der Waals surface area contributed by atoms with E-state index in [2.05, 4.69) is 15.3 Å². The predicted octanol–water partition coefficient (Wildman–Crippen LogP) is 4.59. The SMILES string of the molecule is CCN(CC)C(=O)c1cc(Nc2ccc(OCc3ccccc3)cc2)nc(C)n1. The monoisotopic (exact) mass is 390 g/mol. The number of anilines is 2. The van der Waals surface area contributed by atoms with Crippen molar-refractivity contribution >= 4 is 17.4 Å². The number of aromatic nitrogens is 2. The molecule has 0 bridgehead atoms. The summed E-state index contributed by atoms with van der Waals surface area (Å²) < 4.78 is 5.81. The molecule has 3 aromatic rings. The lowest BCUT2D eigenvalue weighted by atomic mass is 10.2. The first-order valence-corrected chi connectivity index (χ1v) is 9.77. The fourth-order valence-electron chi connectivity index (χ4n) is 2.94. The molecule has 0 aliphatic rings. The van der Waals surface area contributed by atoms with Gasteiger partial charge in [-0.2, -0.15) is 0 Å². The highest BCUT2D eigenvalue weighted by atomic mass is 16.5. The molecule has 0 spiro atoms. The third kappa shape index (κ3) is 5.54. The van der Waals surface area contributed by atoms with Gasteiger partial charge in [0.05, 0.1) is 0 Å². The lowest BCUT2D eigenvalue weighted by Crippen LogP contribution is -2.31. The Labute approximate surface area is 171 Å². The van der Waals surface area contributed by atoms with Gasteiger partial charge in [0.25, 0.3) is 5.91 Å². The van der Waals surface area contributed by atoms with Crippen LogP contribution in [-0.2, 0) is 6.61 Å². The third-order valence-corrected chi connectivity index (χ3v) is 4.48. The van der Waals surface area contributed by atoms with Gasteiger partial charge in [-0.15, -0.1) is 0 Å². The van der Waals surface area contributed by atoms with Crippen LogP contribution in [-0.4, -0.2) is 33.9 Å². The van der Waals surface area contributed by atoms with Gasteiger partial charge < -0.3 is 15.0 Å². The second kappa shape index (κ2) is 9.68. The normalized spacial score (nSPS) is 10.4. The Hall–Kier alpha value is -3.41. The molecule has 0 aliphatic carbocycles. The summed E-state index contributed by atoms with van der Waals surface area (Å²) >= 11 is 0. The van der Waals surface area contributed by atoms with Crippen LogP contribution in [0.4, 0.5) is 11.5 Å². The minimum atomic E-state index is -0.0896. The summed E-state index contributed by atoms with van der Waals surface area (Å²) in [7, 11) is 0. The van der Waals surface area contributed by atoms with Crippen molar-refractivity contribution in [1.29, 1.82) is 0 Å².